The maximum atomic E-state index is 10.2. The lowest BCUT2D eigenvalue weighted by Crippen LogP contribution is -2.32. The van der Waals surface area contributed by atoms with Crippen molar-refractivity contribution in [3.8, 4) is 5.75 Å². The third kappa shape index (κ3) is 3.00. The lowest BCUT2D eigenvalue weighted by Gasteiger charge is -2.36. The molecule has 4 heteroatoms. The Hall–Kier alpha value is -1.13. The molecule has 0 saturated heterocycles. The van der Waals surface area contributed by atoms with E-state index in [-0.39, 0.29) is 0 Å². The van der Waals surface area contributed by atoms with Crippen LogP contribution in [0.25, 0.3) is 0 Å². The van der Waals surface area contributed by atoms with Crippen molar-refractivity contribution < 1.29 is 14.6 Å². The number of rotatable bonds is 6. The molecule has 1 N–H and O–H groups in total. The van der Waals surface area contributed by atoms with Crippen LogP contribution in [0.15, 0.2) is 18.3 Å². The molecule has 1 aromatic heterocycles. The Balaban J connectivity index is 1.87. The third-order valence-corrected chi connectivity index (χ3v) is 3.49. The molecule has 1 atom stereocenters. The van der Waals surface area contributed by atoms with Gasteiger partial charge < -0.3 is 14.6 Å². The quantitative estimate of drug-likeness (QED) is 0.843. The summed E-state index contributed by atoms with van der Waals surface area (Å²) >= 11 is 0. The largest absolute Gasteiger partial charge is 0.495 e. The molecule has 18 heavy (non-hydrogen) atoms. The molecular weight excluding hydrogens is 230 g/mol. The number of pyridine rings is 1. The van der Waals surface area contributed by atoms with Gasteiger partial charge in [0.1, 0.15) is 11.4 Å². The molecule has 0 spiro atoms. The fourth-order valence-electron chi connectivity index (χ4n) is 2.49. The number of nitrogens with zero attached hydrogens (tertiary/aromatic N) is 1. The van der Waals surface area contributed by atoms with Gasteiger partial charge in [0.2, 0.25) is 0 Å². The number of aliphatic hydroxyl groups excluding tert-OH is 1. The van der Waals surface area contributed by atoms with Gasteiger partial charge in [0.05, 0.1) is 19.3 Å². The minimum atomic E-state index is -0.547. The number of ether oxygens (including phenoxy) is 2. The molecule has 0 radical (unpaired) electrons. The van der Waals surface area contributed by atoms with Crippen molar-refractivity contribution in [2.24, 2.45) is 5.92 Å². The number of aromatic nitrogens is 1. The summed E-state index contributed by atoms with van der Waals surface area (Å²) in [5.74, 6) is 1.19. The Morgan fingerprint density at radius 1 is 1.50 bits per heavy atom. The van der Waals surface area contributed by atoms with Crippen LogP contribution in [0.5, 0.6) is 5.75 Å². The van der Waals surface area contributed by atoms with E-state index < -0.39 is 6.10 Å². The molecule has 0 amide bonds. The highest BCUT2D eigenvalue weighted by molar-refractivity contribution is 5.28. The molecule has 0 aliphatic heterocycles. The Morgan fingerprint density at radius 2 is 2.28 bits per heavy atom. The van der Waals surface area contributed by atoms with Crippen LogP contribution < -0.4 is 4.74 Å². The first-order valence-electron chi connectivity index (χ1n) is 6.53. The number of hydrogen-bond acceptors (Lipinski definition) is 4. The highest BCUT2D eigenvalue weighted by Gasteiger charge is 2.32. The average Bonchev–Trinajstić information content (AvgIpc) is 2.36. The van der Waals surface area contributed by atoms with Crippen LogP contribution in [0.4, 0.5) is 0 Å². The van der Waals surface area contributed by atoms with Gasteiger partial charge in [-0.2, -0.15) is 0 Å². The van der Waals surface area contributed by atoms with Crippen molar-refractivity contribution >= 4 is 0 Å². The van der Waals surface area contributed by atoms with Crippen LogP contribution in [0.1, 0.15) is 38.0 Å². The van der Waals surface area contributed by atoms with E-state index >= 15 is 0 Å². The summed E-state index contributed by atoms with van der Waals surface area (Å²) in [5, 5.41) is 10.2. The highest BCUT2D eigenvalue weighted by atomic mass is 16.5. The first-order chi connectivity index (χ1) is 8.74. The highest BCUT2D eigenvalue weighted by Crippen LogP contribution is 2.37. The van der Waals surface area contributed by atoms with E-state index in [9.17, 15) is 5.11 Å². The molecule has 1 fully saturated rings. The fourth-order valence-corrected chi connectivity index (χ4v) is 2.49. The normalized spacial score (nSPS) is 24.4. The molecule has 2 rings (SSSR count). The van der Waals surface area contributed by atoms with Crippen molar-refractivity contribution in [1.29, 1.82) is 0 Å². The zero-order chi connectivity index (χ0) is 13.0. The van der Waals surface area contributed by atoms with Crippen LogP contribution >= 0.6 is 0 Å². The second kappa shape index (κ2) is 6.16. The fraction of sp³-hybridized carbons (Fsp3) is 0.643. The van der Waals surface area contributed by atoms with Gasteiger partial charge in [0, 0.05) is 12.8 Å². The Labute approximate surface area is 108 Å². The van der Waals surface area contributed by atoms with E-state index in [1.54, 1.807) is 13.3 Å². The third-order valence-electron chi connectivity index (χ3n) is 3.49. The molecule has 100 valence electrons. The zero-order valence-electron chi connectivity index (χ0n) is 11.0. The molecule has 1 aromatic rings. The number of hydrogen-bond donors (Lipinski definition) is 1. The molecule has 0 aromatic carbocycles. The van der Waals surface area contributed by atoms with E-state index in [0.717, 1.165) is 25.9 Å². The summed E-state index contributed by atoms with van der Waals surface area (Å²) in [6.45, 7) is 2.79. The molecule has 0 bridgehead atoms. The van der Waals surface area contributed by atoms with Crippen LogP contribution in [0, 0.1) is 5.92 Å². The predicted octanol–water partition coefficient (Wildman–Crippen LogP) is 2.33. The minimum Gasteiger partial charge on any atom is -0.495 e. The summed E-state index contributed by atoms with van der Waals surface area (Å²) in [7, 11) is 1.60. The van der Waals surface area contributed by atoms with E-state index in [1.807, 2.05) is 19.1 Å². The van der Waals surface area contributed by atoms with E-state index in [4.69, 9.17) is 9.47 Å². The average molecular weight is 251 g/mol. The maximum Gasteiger partial charge on any atom is 0.143 e. The van der Waals surface area contributed by atoms with Crippen molar-refractivity contribution in [3.63, 3.8) is 0 Å². The van der Waals surface area contributed by atoms with Crippen LogP contribution in [-0.2, 0) is 4.74 Å². The summed E-state index contributed by atoms with van der Waals surface area (Å²) in [4.78, 5) is 4.21. The van der Waals surface area contributed by atoms with Gasteiger partial charge in [-0.25, -0.2) is 0 Å². The van der Waals surface area contributed by atoms with Gasteiger partial charge in [-0.15, -0.1) is 0 Å². The van der Waals surface area contributed by atoms with Crippen molar-refractivity contribution in [2.45, 2.75) is 38.4 Å². The SMILES string of the molecule is CCOC1CC(CC(O)c2ncccc2OC)C1. The predicted molar refractivity (Wildman–Crippen MR) is 68.5 cm³/mol. The summed E-state index contributed by atoms with van der Waals surface area (Å²) in [6.07, 6.45) is 4.34. The number of methoxy groups -OCH3 is 1. The molecule has 1 aliphatic carbocycles. The van der Waals surface area contributed by atoms with Gasteiger partial charge in [-0.1, -0.05) is 0 Å². The van der Waals surface area contributed by atoms with E-state index in [0.29, 0.717) is 23.5 Å². The first kappa shape index (κ1) is 13.3. The lowest BCUT2D eigenvalue weighted by atomic mass is 9.78. The Bertz CT molecular complexity index is 377. The van der Waals surface area contributed by atoms with Gasteiger partial charge in [0.25, 0.3) is 0 Å². The van der Waals surface area contributed by atoms with Gasteiger partial charge >= 0.3 is 0 Å². The van der Waals surface area contributed by atoms with Gasteiger partial charge in [-0.05, 0) is 44.2 Å². The molecule has 1 heterocycles. The zero-order valence-corrected chi connectivity index (χ0v) is 11.0. The summed E-state index contributed by atoms with van der Waals surface area (Å²) in [5.41, 5.74) is 0.639. The Morgan fingerprint density at radius 3 is 2.94 bits per heavy atom. The molecule has 1 aliphatic rings. The lowest BCUT2D eigenvalue weighted by molar-refractivity contribution is -0.0385. The smallest absolute Gasteiger partial charge is 0.143 e. The molecule has 1 unspecified atom stereocenters. The topological polar surface area (TPSA) is 51.6 Å². The van der Waals surface area contributed by atoms with E-state index in [2.05, 4.69) is 4.98 Å². The maximum absolute atomic E-state index is 10.2. The summed E-state index contributed by atoms with van der Waals surface area (Å²) in [6, 6.07) is 3.64. The van der Waals surface area contributed by atoms with Gasteiger partial charge in [-0.3, -0.25) is 4.98 Å². The van der Waals surface area contributed by atoms with E-state index in [1.165, 1.54) is 0 Å². The number of aliphatic hydroxyl groups is 1. The molecular formula is C14H21NO3. The molecule has 1 saturated carbocycles. The van der Waals surface area contributed by atoms with Crippen LogP contribution in [-0.4, -0.2) is 29.9 Å². The summed E-state index contributed by atoms with van der Waals surface area (Å²) < 4.78 is 10.7. The van der Waals surface area contributed by atoms with Crippen molar-refractivity contribution in [2.75, 3.05) is 13.7 Å². The Kier molecular flexibility index (Phi) is 4.55. The van der Waals surface area contributed by atoms with Crippen molar-refractivity contribution in [3.05, 3.63) is 24.0 Å². The minimum absolute atomic E-state index is 0.387. The van der Waals surface area contributed by atoms with Gasteiger partial charge in [0.15, 0.2) is 0 Å². The molecule has 4 nitrogen and oxygen atoms in total. The standard InChI is InChI=1S/C14H21NO3/c1-3-18-11-7-10(8-11)9-12(16)14-13(17-2)5-4-6-15-14/h4-6,10-12,16H,3,7-9H2,1-2H3. The second-order valence-corrected chi connectivity index (χ2v) is 4.76. The monoisotopic (exact) mass is 251 g/mol. The van der Waals surface area contributed by atoms with Crippen LogP contribution in [0.2, 0.25) is 0 Å². The van der Waals surface area contributed by atoms with Crippen molar-refractivity contribution in [1.82, 2.24) is 4.98 Å². The second-order valence-electron chi connectivity index (χ2n) is 4.76. The van der Waals surface area contributed by atoms with Crippen LogP contribution in [0.3, 0.4) is 0 Å². The first-order valence-corrected chi connectivity index (χ1v) is 6.53.